The van der Waals surface area contributed by atoms with Gasteiger partial charge in [-0.25, -0.2) is 13.4 Å². The number of amides is 1. The largest absolute Gasteiger partial charge is 0.347 e. The Hall–Kier alpha value is -3.13. The first-order valence-corrected chi connectivity index (χ1v) is 11.9. The normalized spacial score (nSPS) is 11.9. The Kier molecular flexibility index (Phi) is 5.34. The predicted molar refractivity (Wildman–Crippen MR) is 119 cm³/mol. The molecule has 156 valence electrons. The lowest BCUT2D eigenvalue weighted by Crippen LogP contribution is -2.21. The first-order valence-electron chi connectivity index (χ1n) is 9.84. The van der Waals surface area contributed by atoms with Crippen LogP contribution in [0.4, 0.5) is 5.69 Å². The number of aryl methyl sites for hydroxylation is 1. The van der Waals surface area contributed by atoms with Gasteiger partial charge in [-0.1, -0.05) is 19.1 Å². The molecule has 1 N–H and O–H groups in total. The molecule has 7 nitrogen and oxygen atoms in total. The second-order valence-corrected chi connectivity index (χ2v) is 9.64. The third-order valence-electron chi connectivity index (χ3n) is 4.95. The molecule has 4 rings (SSSR count). The van der Waals surface area contributed by atoms with Crippen LogP contribution in [0.15, 0.2) is 54.7 Å². The van der Waals surface area contributed by atoms with Crippen LogP contribution in [-0.2, 0) is 33.5 Å². The van der Waals surface area contributed by atoms with Gasteiger partial charge in [-0.05, 0) is 42.8 Å². The van der Waals surface area contributed by atoms with Gasteiger partial charge in [0.1, 0.15) is 18.1 Å². The summed E-state index contributed by atoms with van der Waals surface area (Å²) in [5.74, 6) is -0.0903. The van der Waals surface area contributed by atoms with E-state index >= 15 is 0 Å². The van der Waals surface area contributed by atoms with Crippen molar-refractivity contribution in [1.82, 2.24) is 14.1 Å². The molecule has 1 amide bonds. The number of nitrogens with zero attached hydrogens (tertiary/aromatic N) is 3. The fourth-order valence-electron chi connectivity index (χ4n) is 3.70. The maximum atomic E-state index is 12.8. The fourth-order valence-corrected chi connectivity index (χ4v) is 4.39. The van der Waals surface area contributed by atoms with Crippen LogP contribution in [0.2, 0.25) is 0 Å². The Bertz CT molecular complexity index is 1340. The third-order valence-corrected chi connectivity index (χ3v) is 5.73. The molecule has 0 atom stereocenters. The van der Waals surface area contributed by atoms with E-state index < -0.39 is 9.84 Å². The summed E-state index contributed by atoms with van der Waals surface area (Å²) in [5.41, 5.74) is 3.24. The van der Waals surface area contributed by atoms with Crippen molar-refractivity contribution in [2.24, 2.45) is 0 Å². The highest BCUT2D eigenvalue weighted by atomic mass is 32.2. The summed E-state index contributed by atoms with van der Waals surface area (Å²) < 4.78 is 27.5. The molecule has 0 aliphatic heterocycles. The molecule has 0 aliphatic rings. The van der Waals surface area contributed by atoms with Crippen molar-refractivity contribution in [1.29, 1.82) is 0 Å². The molecule has 0 fully saturated rings. The topological polar surface area (TPSA) is 86.0 Å². The molecule has 0 spiro atoms. The van der Waals surface area contributed by atoms with Gasteiger partial charge in [0.2, 0.25) is 5.91 Å². The second kappa shape index (κ2) is 7.95. The number of sulfone groups is 1. The minimum Gasteiger partial charge on any atom is -0.347 e. The number of carbonyl (C=O) groups is 1. The molecule has 0 radical (unpaired) electrons. The van der Waals surface area contributed by atoms with Crippen molar-refractivity contribution >= 4 is 43.4 Å². The van der Waals surface area contributed by atoms with Gasteiger partial charge in [0.05, 0.1) is 11.0 Å². The summed E-state index contributed by atoms with van der Waals surface area (Å²) >= 11 is 0. The van der Waals surface area contributed by atoms with Gasteiger partial charge >= 0.3 is 0 Å². The summed E-state index contributed by atoms with van der Waals surface area (Å²) in [6.07, 6.45) is 4.27. The maximum Gasteiger partial charge on any atom is 0.244 e. The predicted octanol–water partition coefficient (Wildman–Crippen LogP) is 3.58. The lowest BCUT2D eigenvalue weighted by molar-refractivity contribution is -0.116. The van der Waals surface area contributed by atoms with Gasteiger partial charge < -0.3 is 14.5 Å². The van der Waals surface area contributed by atoms with Gasteiger partial charge in [-0.15, -0.1) is 0 Å². The zero-order valence-corrected chi connectivity index (χ0v) is 17.8. The van der Waals surface area contributed by atoms with Crippen molar-refractivity contribution in [3.05, 3.63) is 60.6 Å². The Labute approximate surface area is 175 Å². The lowest BCUT2D eigenvalue weighted by atomic mass is 10.2. The molecular formula is C22H24N4O3S. The van der Waals surface area contributed by atoms with Crippen LogP contribution in [0.3, 0.4) is 0 Å². The molecule has 8 heteroatoms. The van der Waals surface area contributed by atoms with Crippen molar-refractivity contribution in [3.63, 3.8) is 0 Å². The minimum absolute atomic E-state index is 0.0136. The molecule has 0 aliphatic carbocycles. The summed E-state index contributed by atoms with van der Waals surface area (Å²) in [4.78, 5) is 17.2. The number of para-hydroxylation sites is 2. The average Bonchev–Trinajstić information content (AvgIpc) is 3.22. The molecule has 0 saturated carbocycles. The first kappa shape index (κ1) is 20.2. The number of imidazole rings is 1. The summed E-state index contributed by atoms with van der Waals surface area (Å²) in [5, 5.41) is 3.98. The summed E-state index contributed by atoms with van der Waals surface area (Å²) in [6, 6.07) is 15.2. The third kappa shape index (κ3) is 4.23. The van der Waals surface area contributed by atoms with E-state index in [0.29, 0.717) is 17.0 Å². The molecule has 30 heavy (non-hydrogen) atoms. The van der Waals surface area contributed by atoms with Gasteiger partial charge in [-0.3, -0.25) is 4.79 Å². The van der Waals surface area contributed by atoms with E-state index in [1.54, 1.807) is 4.57 Å². The molecule has 2 heterocycles. The van der Waals surface area contributed by atoms with Crippen LogP contribution in [0.25, 0.3) is 21.9 Å². The van der Waals surface area contributed by atoms with E-state index in [4.69, 9.17) is 0 Å². The number of carbonyl (C=O) groups excluding carboxylic acids is 1. The quantitative estimate of drug-likeness (QED) is 0.491. The molecule has 4 aromatic rings. The van der Waals surface area contributed by atoms with Crippen LogP contribution in [0.5, 0.6) is 0 Å². The molecule has 2 aromatic heterocycles. The van der Waals surface area contributed by atoms with Crippen LogP contribution in [0.1, 0.15) is 19.2 Å². The van der Waals surface area contributed by atoms with Crippen molar-refractivity contribution in [2.75, 3.05) is 11.6 Å². The van der Waals surface area contributed by atoms with Crippen LogP contribution >= 0.6 is 0 Å². The number of hydrogen-bond acceptors (Lipinski definition) is 4. The average molecular weight is 425 g/mol. The smallest absolute Gasteiger partial charge is 0.244 e. The molecular weight excluding hydrogens is 400 g/mol. The molecule has 0 unspecified atom stereocenters. The van der Waals surface area contributed by atoms with E-state index in [-0.39, 0.29) is 18.2 Å². The highest BCUT2D eigenvalue weighted by Crippen LogP contribution is 2.22. The number of fused-ring (bicyclic) bond motifs is 2. The lowest BCUT2D eigenvalue weighted by Gasteiger charge is -2.10. The number of rotatable bonds is 7. The minimum atomic E-state index is -3.29. The highest BCUT2D eigenvalue weighted by molar-refractivity contribution is 7.89. The van der Waals surface area contributed by atoms with Crippen molar-refractivity contribution < 1.29 is 13.2 Å². The first-order chi connectivity index (χ1) is 14.3. The van der Waals surface area contributed by atoms with E-state index in [2.05, 4.69) is 28.0 Å². The van der Waals surface area contributed by atoms with Crippen LogP contribution < -0.4 is 5.32 Å². The van der Waals surface area contributed by atoms with Crippen molar-refractivity contribution in [3.8, 4) is 0 Å². The summed E-state index contributed by atoms with van der Waals surface area (Å²) in [6.45, 7) is 3.07. The molecule has 0 saturated heterocycles. The Morgan fingerprint density at radius 1 is 1.10 bits per heavy atom. The zero-order chi connectivity index (χ0) is 21.3. The highest BCUT2D eigenvalue weighted by Gasteiger charge is 2.17. The van der Waals surface area contributed by atoms with Crippen molar-refractivity contribution in [2.45, 2.75) is 32.2 Å². The number of nitrogens with one attached hydrogen (secondary N) is 1. The van der Waals surface area contributed by atoms with Gasteiger partial charge in [0, 0.05) is 35.6 Å². The van der Waals surface area contributed by atoms with Gasteiger partial charge in [0.15, 0.2) is 9.84 Å². The number of aromatic nitrogens is 3. The summed E-state index contributed by atoms with van der Waals surface area (Å²) in [7, 11) is -3.29. The van der Waals surface area contributed by atoms with Crippen LogP contribution in [-0.4, -0.2) is 34.7 Å². The monoisotopic (exact) mass is 424 g/mol. The molecule has 0 bridgehead atoms. The Balaban J connectivity index is 1.59. The maximum absolute atomic E-state index is 12.8. The zero-order valence-electron chi connectivity index (χ0n) is 17.0. The van der Waals surface area contributed by atoms with Crippen LogP contribution in [0, 0.1) is 0 Å². The number of benzene rings is 2. The number of hydrogen-bond donors (Lipinski definition) is 1. The Morgan fingerprint density at radius 2 is 1.90 bits per heavy atom. The second-order valence-electron chi connectivity index (χ2n) is 7.50. The SMILES string of the molecule is CCCn1ccc2cc(NC(=O)Cn3c(CS(C)(=O)=O)nc4ccccc43)ccc21. The van der Waals surface area contributed by atoms with Gasteiger partial charge in [0.25, 0.3) is 0 Å². The Morgan fingerprint density at radius 3 is 2.67 bits per heavy atom. The van der Waals surface area contributed by atoms with E-state index in [1.165, 1.54) is 0 Å². The standard InChI is InChI=1S/C22H24N4O3S/c1-3-11-25-12-10-16-13-17(8-9-19(16)25)23-22(27)14-26-20-7-5-4-6-18(20)24-21(26)15-30(2,28)29/h4-10,12-13H,3,11,14-15H2,1-2H3,(H,23,27). The van der Waals surface area contributed by atoms with E-state index in [9.17, 15) is 13.2 Å². The van der Waals surface area contributed by atoms with Gasteiger partial charge in [-0.2, -0.15) is 0 Å². The van der Waals surface area contributed by atoms with E-state index in [1.807, 2.05) is 48.5 Å². The molecule has 2 aromatic carbocycles. The number of anilines is 1. The van der Waals surface area contributed by atoms with E-state index in [0.717, 1.165) is 35.6 Å². The fraction of sp³-hybridized carbons (Fsp3) is 0.273.